The predicted molar refractivity (Wildman–Crippen MR) is 89.2 cm³/mol. The Morgan fingerprint density at radius 1 is 1.33 bits per heavy atom. The summed E-state index contributed by atoms with van der Waals surface area (Å²) < 4.78 is 0. The molecule has 3 nitrogen and oxygen atoms in total. The van der Waals surface area contributed by atoms with Gasteiger partial charge in [0.05, 0.1) is 11.4 Å². The van der Waals surface area contributed by atoms with Crippen molar-refractivity contribution >= 4 is 11.3 Å². The molecular weight excluding hydrogens is 278 g/mol. The van der Waals surface area contributed by atoms with Crippen molar-refractivity contribution in [1.29, 1.82) is 0 Å². The fourth-order valence-electron chi connectivity index (χ4n) is 2.93. The summed E-state index contributed by atoms with van der Waals surface area (Å²) in [6, 6.07) is 10.8. The van der Waals surface area contributed by atoms with Gasteiger partial charge in [0.2, 0.25) is 0 Å². The molecule has 21 heavy (non-hydrogen) atoms. The van der Waals surface area contributed by atoms with Crippen LogP contribution in [0.2, 0.25) is 0 Å². The Morgan fingerprint density at radius 3 is 2.81 bits per heavy atom. The smallest absolute Gasteiger partial charge is 0.107 e. The number of hydrogen-bond donors (Lipinski definition) is 1. The minimum Gasteiger partial charge on any atom is -0.327 e. The van der Waals surface area contributed by atoms with Crippen LogP contribution in [0.5, 0.6) is 0 Å². The fraction of sp³-hybridized carbons (Fsp3) is 0.471. The third-order valence-corrected chi connectivity index (χ3v) is 5.39. The second-order valence-electron chi connectivity index (χ2n) is 6.58. The van der Waals surface area contributed by atoms with Crippen LogP contribution in [-0.2, 0) is 6.54 Å². The van der Waals surface area contributed by atoms with E-state index >= 15 is 0 Å². The Bertz CT molecular complexity index is 591. The third kappa shape index (κ3) is 3.34. The van der Waals surface area contributed by atoms with Crippen LogP contribution in [-0.4, -0.2) is 29.0 Å². The highest BCUT2D eigenvalue weighted by atomic mass is 32.1. The fourth-order valence-corrected chi connectivity index (χ4v) is 3.90. The molecule has 1 aromatic heterocycles. The van der Waals surface area contributed by atoms with Gasteiger partial charge in [-0.2, -0.15) is 0 Å². The number of aromatic nitrogens is 1. The van der Waals surface area contributed by atoms with E-state index in [1.807, 2.05) is 12.3 Å². The number of benzene rings is 1. The zero-order valence-electron chi connectivity index (χ0n) is 12.7. The topological polar surface area (TPSA) is 42.2 Å². The molecule has 1 aromatic carbocycles. The monoisotopic (exact) mass is 301 g/mol. The average Bonchev–Trinajstić information content (AvgIpc) is 2.92. The van der Waals surface area contributed by atoms with Gasteiger partial charge in [-0.05, 0) is 17.4 Å². The maximum Gasteiger partial charge on any atom is 0.107 e. The van der Waals surface area contributed by atoms with E-state index in [0.717, 1.165) is 26.1 Å². The third-order valence-electron chi connectivity index (χ3n) is 4.36. The molecule has 112 valence electrons. The van der Waals surface area contributed by atoms with Gasteiger partial charge in [-0.3, -0.25) is 4.90 Å². The van der Waals surface area contributed by atoms with Crippen LogP contribution in [0.3, 0.4) is 0 Å². The molecule has 1 fully saturated rings. The molecule has 1 aliphatic rings. The average molecular weight is 301 g/mol. The molecule has 2 aromatic rings. The molecule has 3 rings (SSSR count). The molecule has 0 spiro atoms. The Balaban J connectivity index is 1.68. The van der Waals surface area contributed by atoms with E-state index in [4.69, 9.17) is 5.73 Å². The first-order valence-corrected chi connectivity index (χ1v) is 8.34. The molecule has 1 unspecified atom stereocenters. The van der Waals surface area contributed by atoms with Crippen molar-refractivity contribution in [3.63, 3.8) is 0 Å². The second-order valence-corrected chi connectivity index (χ2v) is 7.69. The lowest BCUT2D eigenvalue weighted by molar-refractivity contribution is 0.0898. The van der Waals surface area contributed by atoms with E-state index in [1.54, 1.807) is 11.3 Å². The number of nitrogens with two attached hydrogens (primary N) is 1. The zero-order valence-corrected chi connectivity index (χ0v) is 13.6. The lowest BCUT2D eigenvalue weighted by Crippen LogP contribution is -2.52. The van der Waals surface area contributed by atoms with Gasteiger partial charge >= 0.3 is 0 Å². The maximum absolute atomic E-state index is 6.21. The summed E-state index contributed by atoms with van der Waals surface area (Å²) in [5.41, 5.74) is 7.65. The summed E-state index contributed by atoms with van der Waals surface area (Å²) in [7, 11) is 0. The van der Waals surface area contributed by atoms with Crippen LogP contribution in [0.1, 0.15) is 25.3 Å². The summed E-state index contributed by atoms with van der Waals surface area (Å²) >= 11 is 1.80. The Labute approximate surface area is 130 Å². The molecule has 0 amide bonds. The molecular formula is C17H23N3S. The highest BCUT2D eigenvalue weighted by Gasteiger charge is 2.33. The van der Waals surface area contributed by atoms with E-state index < -0.39 is 0 Å². The lowest BCUT2D eigenvalue weighted by Gasteiger charge is -2.42. The lowest BCUT2D eigenvalue weighted by atomic mass is 9.80. The number of rotatable bonds is 3. The molecule has 4 heteroatoms. The maximum atomic E-state index is 6.21. The minimum atomic E-state index is 0.192. The molecule has 0 bridgehead atoms. The molecule has 2 heterocycles. The van der Waals surface area contributed by atoms with E-state index in [1.165, 1.54) is 15.4 Å². The zero-order chi connectivity index (χ0) is 14.9. The standard InChI is InChI=1S/C17H23N3S/c1-17(2)12-20(9-8-15(17)18)11-16-19-10-14(21-16)13-6-4-3-5-7-13/h3-7,10,15H,8-9,11-12,18H2,1-2H3. The summed E-state index contributed by atoms with van der Waals surface area (Å²) in [5, 5.41) is 1.19. The van der Waals surface area contributed by atoms with Gasteiger partial charge in [0.25, 0.3) is 0 Å². The predicted octanol–water partition coefficient (Wildman–Crippen LogP) is 3.37. The van der Waals surface area contributed by atoms with E-state index in [2.05, 4.69) is 48.0 Å². The van der Waals surface area contributed by atoms with Crippen LogP contribution in [0, 0.1) is 5.41 Å². The van der Waals surface area contributed by atoms with Crippen LogP contribution in [0.15, 0.2) is 36.5 Å². The molecule has 1 aliphatic heterocycles. The quantitative estimate of drug-likeness (QED) is 0.945. The van der Waals surface area contributed by atoms with Gasteiger partial charge in [0.15, 0.2) is 0 Å². The number of likely N-dealkylation sites (tertiary alicyclic amines) is 1. The van der Waals surface area contributed by atoms with Gasteiger partial charge in [-0.25, -0.2) is 4.98 Å². The first-order chi connectivity index (χ1) is 10.0. The SMILES string of the molecule is CC1(C)CN(Cc2ncc(-c3ccccc3)s2)CCC1N. The van der Waals surface area contributed by atoms with Gasteiger partial charge in [-0.15, -0.1) is 11.3 Å². The van der Waals surface area contributed by atoms with Crippen molar-refractivity contribution in [2.45, 2.75) is 32.9 Å². The van der Waals surface area contributed by atoms with Crippen molar-refractivity contribution in [2.75, 3.05) is 13.1 Å². The molecule has 1 saturated heterocycles. The second kappa shape index (κ2) is 5.87. The summed E-state index contributed by atoms with van der Waals surface area (Å²) in [4.78, 5) is 8.33. The highest BCUT2D eigenvalue weighted by Crippen LogP contribution is 2.30. The number of nitrogens with zero attached hydrogens (tertiary/aromatic N) is 2. The van der Waals surface area contributed by atoms with E-state index in [0.29, 0.717) is 6.04 Å². The Kier molecular flexibility index (Phi) is 4.11. The summed E-state index contributed by atoms with van der Waals surface area (Å²) in [6.45, 7) is 7.59. The van der Waals surface area contributed by atoms with Crippen molar-refractivity contribution in [2.24, 2.45) is 11.1 Å². The number of hydrogen-bond acceptors (Lipinski definition) is 4. The van der Waals surface area contributed by atoms with Gasteiger partial charge < -0.3 is 5.73 Å². The largest absolute Gasteiger partial charge is 0.327 e. The van der Waals surface area contributed by atoms with Crippen molar-refractivity contribution < 1.29 is 0 Å². The van der Waals surface area contributed by atoms with E-state index in [-0.39, 0.29) is 5.41 Å². The van der Waals surface area contributed by atoms with Crippen molar-refractivity contribution in [3.8, 4) is 10.4 Å². The number of thiazole rings is 1. The minimum absolute atomic E-state index is 0.192. The van der Waals surface area contributed by atoms with E-state index in [9.17, 15) is 0 Å². The number of piperidine rings is 1. The molecule has 0 saturated carbocycles. The molecule has 0 radical (unpaired) electrons. The van der Waals surface area contributed by atoms with Crippen molar-refractivity contribution in [3.05, 3.63) is 41.5 Å². The van der Waals surface area contributed by atoms with Gasteiger partial charge in [-0.1, -0.05) is 44.2 Å². The van der Waals surface area contributed by atoms with Crippen LogP contribution in [0.25, 0.3) is 10.4 Å². The molecule has 2 N–H and O–H groups in total. The van der Waals surface area contributed by atoms with Gasteiger partial charge in [0, 0.05) is 25.3 Å². The normalized spacial score (nSPS) is 22.3. The summed E-state index contributed by atoms with van der Waals surface area (Å²) in [6.07, 6.45) is 3.07. The van der Waals surface area contributed by atoms with Crippen molar-refractivity contribution in [1.82, 2.24) is 9.88 Å². The molecule has 1 atom stereocenters. The Morgan fingerprint density at radius 2 is 2.10 bits per heavy atom. The molecule has 0 aliphatic carbocycles. The highest BCUT2D eigenvalue weighted by molar-refractivity contribution is 7.15. The first-order valence-electron chi connectivity index (χ1n) is 7.53. The Hall–Kier alpha value is -1.23. The summed E-state index contributed by atoms with van der Waals surface area (Å²) in [5.74, 6) is 0. The first kappa shape index (κ1) is 14.7. The van der Waals surface area contributed by atoms with Crippen LogP contribution >= 0.6 is 11.3 Å². The van der Waals surface area contributed by atoms with Gasteiger partial charge in [0.1, 0.15) is 5.01 Å². The van der Waals surface area contributed by atoms with Crippen LogP contribution < -0.4 is 5.73 Å². The van der Waals surface area contributed by atoms with Crippen LogP contribution in [0.4, 0.5) is 0 Å².